The lowest BCUT2D eigenvalue weighted by molar-refractivity contribution is -0.152. The van der Waals surface area contributed by atoms with Gasteiger partial charge in [-0.05, 0) is 34.9 Å². The second-order valence-corrected chi connectivity index (χ2v) is 8.52. The van der Waals surface area contributed by atoms with E-state index in [4.69, 9.17) is 4.42 Å². The highest BCUT2D eigenvalue weighted by Gasteiger charge is 2.25. The summed E-state index contributed by atoms with van der Waals surface area (Å²) in [6.07, 6.45) is -3.89. The molecule has 0 saturated carbocycles. The molecule has 3 aromatic carbocycles. The summed E-state index contributed by atoms with van der Waals surface area (Å²) in [5.41, 5.74) is 5.07. The van der Waals surface area contributed by atoms with Crippen LogP contribution in [0.4, 0.5) is 5.69 Å². The Morgan fingerprint density at radius 2 is 1.53 bits per heavy atom. The van der Waals surface area contributed by atoms with Crippen molar-refractivity contribution in [1.82, 2.24) is 9.47 Å². The summed E-state index contributed by atoms with van der Waals surface area (Å²) < 4.78 is 6.26. The van der Waals surface area contributed by atoms with Crippen molar-refractivity contribution in [1.29, 1.82) is 0 Å². The van der Waals surface area contributed by atoms with Crippen LogP contribution in [-0.4, -0.2) is 57.3 Å². The van der Waals surface area contributed by atoms with Crippen LogP contribution in [0.1, 0.15) is 11.8 Å². The maximum absolute atomic E-state index is 12.3. The van der Waals surface area contributed by atoms with Crippen LogP contribution in [0.2, 0.25) is 0 Å². The summed E-state index contributed by atoms with van der Waals surface area (Å²) >= 11 is 0. The number of oxazole rings is 1. The van der Waals surface area contributed by atoms with Gasteiger partial charge in [0.15, 0.2) is 18.1 Å². The number of para-hydroxylation sites is 1. The number of nitrogens with zero attached hydrogens (tertiary/aromatic N) is 3. The molecule has 34 heavy (non-hydrogen) atoms. The first-order valence-corrected chi connectivity index (χ1v) is 11.3. The van der Waals surface area contributed by atoms with E-state index in [0.29, 0.717) is 11.1 Å². The van der Waals surface area contributed by atoms with Crippen LogP contribution >= 0.6 is 0 Å². The predicted octanol–water partition coefficient (Wildman–Crippen LogP) is 2.39. The van der Waals surface area contributed by atoms with E-state index in [2.05, 4.69) is 46.2 Å². The average molecular weight is 462 g/mol. The Hall–Kier alpha value is -3.43. The lowest BCUT2D eigenvalue weighted by Gasteiger charge is -2.36. The number of piperazine rings is 1. The molecule has 1 saturated heterocycles. The first kappa shape index (κ1) is 22.4. The van der Waals surface area contributed by atoms with E-state index in [1.54, 1.807) is 12.1 Å². The topological polar surface area (TPSA) is 102 Å². The van der Waals surface area contributed by atoms with Gasteiger partial charge in [-0.3, -0.25) is 4.90 Å². The largest absolute Gasteiger partial charge is 0.422 e. The molecular weight excluding hydrogens is 434 g/mol. The van der Waals surface area contributed by atoms with Crippen LogP contribution in [0, 0.1) is 0 Å². The molecular formula is C26H27N3O5. The molecule has 2 heterocycles. The molecule has 1 atom stereocenters. The molecule has 3 N–H and O–H groups in total. The van der Waals surface area contributed by atoms with E-state index in [1.807, 2.05) is 24.3 Å². The summed E-state index contributed by atoms with van der Waals surface area (Å²) in [5.74, 6) is -0.833. The number of anilines is 1. The molecule has 0 bridgehead atoms. The molecule has 1 aromatic heterocycles. The number of rotatable bonds is 6. The number of aliphatic hydroxyl groups is 3. The Kier molecular flexibility index (Phi) is 6.21. The van der Waals surface area contributed by atoms with E-state index in [9.17, 15) is 20.1 Å². The van der Waals surface area contributed by atoms with Crippen molar-refractivity contribution in [3.63, 3.8) is 0 Å². The third-order valence-electron chi connectivity index (χ3n) is 6.30. The van der Waals surface area contributed by atoms with Crippen molar-refractivity contribution >= 4 is 16.8 Å². The lowest BCUT2D eigenvalue weighted by atomic mass is 10.0. The zero-order valence-corrected chi connectivity index (χ0v) is 18.6. The minimum atomic E-state index is -2.09. The molecule has 5 rings (SSSR count). The maximum atomic E-state index is 12.3. The number of aliphatic hydroxyl groups excluding tert-OH is 2. The Labute approximate surface area is 196 Å². The van der Waals surface area contributed by atoms with E-state index in [1.165, 1.54) is 16.7 Å². The molecule has 0 radical (unpaired) electrons. The standard InChI is InChI=1S/C26H27N3O5/c30-24(25(31)32)29-22-11-5-10-21(23(22)34-26(29)33)28-14-12-27(13-15-28)17-18-6-4-9-20(16-18)19-7-2-1-3-8-19/h1-11,16,24-25,30-32H,12-15,17H2. The summed E-state index contributed by atoms with van der Waals surface area (Å²) in [4.78, 5) is 16.8. The van der Waals surface area contributed by atoms with Gasteiger partial charge in [-0.25, -0.2) is 9.36 Å². The molecule has 8 nitrogen and oxygen atoms in total. The molecule has 8 heteroatoms. The summed E-state index contributed by atoms with van der Waals surface area (Å²) in [7, 11) is 0. The summed E-state index contributed by atoms with van der Waals surface area (Å²) in [6, 6.07) is 24.2. The highest BCUT2D eigenvalue weighted by molar-refractivity contribution is 5.87. The predicted molar refractivity (Wildman–Crippen MR) is 129 cm³/mol. The molecule has 0 spiro atoms. The Morgan fingerprint density at radius 1 is 0.824 bits per heavy atom. The van der Waals surface area contributed by atoms with Crippen LogP contribution in [0.25, 0.3) is 22.2 Å². The van der Waals surface area contributed by atoms with Gasteiger partial charge in [-0.1, -0.05) is 54.6 Å². The van der Waals surface area contributed by atoms with Gasteiger partial charge in [0.25, 0.3) is 0 Å². The highest BCUT2D eigenvalue weighted by Crippen LogP contribution is 2.29. The van der Waals surface area contributed by atoms with Crippen molar-refractivity contribution in [2.24, 2.45) is 0 Å². The van der Waals surface area contributed by atoms with Gasteiger partial charge in [-0.15, -0.1) is 0 Å². The van der Waals surface area contributed by atoms with Gasteiger partial charge in [0.2, 0.25) is 0 Å². The van der Waals surface area contributed by atoms with E-state index in [-0.39, 0.29) is 0 Å². The van der Waals surface area contributed by atoms with Gasteiger partial charge in [0, 0.05) is 32.7 Å². The number of benzene rings is 3. The number of fused-ring (bicyclic) bond motifs is 1. The average Bonchev–Trinajstić information content (AvgIpc) is 3.20. The third-order valence-corrected chi connectivity index (χ3v) is 6.30. The SMILES string of the molecule is O=c1oc2c(N3CCN(Cc4cccc(-c5ccccc5)c4)CC3)cccc2n1C(O)C(O)O. The number of aromatic nitrogens is 1. The molecule has 0 aliphatic carbocycles. The quantitative estimate of drug-likeness (QED) is 0.379. The first-order valence-electron chi connectivity index (χ1n) is 11.3. The molecule has 4 aromatic rings. The van der Waals surface area contributed by atoms with Crippen molar-refractivity contribution in [3.05, 3.63) is 88.9 Å². The molecule has 1 aliphatic heterocycles. The molecule has 1 fully saturated rings. The number of hydrogen-bond donors (Lipinski definition) is 3. The minimum Gasteiger partial charge on any atom is -0.405 e. The normalized spacial score (nSPS) is 15.8. The smallest absolute Gasteiger partial charge is 0.405 e. The zero-order valence-electron chi connectivity index (χ0n) is 18.6. The van der Waals surface area contributed by atoms with Crippen molar-refractivity contribution in [2.45, 2.75) is 19.1 Å². The Morgan fingerprint density at radius 3 is 2.26 bits per heavy atom. The van der Waals surface area contributed by atoms with E-state index < -0.39 is 18.3 Å². The van der Waals surface area contributed by atoms with Gasteiger partial charge in [0.1, 0.15) is 0 Å². The molecule has 0 amide bonds. The Bertz CT molecular complexity index is 1320. The van der Waals surface area contributed by atoms with Gasteiger partial charge < -0.3 is 24.6 Å². The second-order valence-electron chi connectivity index (χ2n) is 8.52. The summed E-state index contributed by atoms with van der Waals surface area (Å²) in [5, 5.41) is 28.6. The van der Waals surface area contributed by atoms with Crippen molar-refractivity contribution in [3.8, 4) is 11.1 Å². The fourth-order valence-electron chi connectivity index (χ4n) is 4.56. The Balaban J connectivity index is 1.30. The van der Waals surface area contributed by atoms with E-state index >= 15 is 0 Å². The lowest BCUT2D eigenvalue weighted by Crippen LogP contribution is -2.46. The van der Waals surface area contributed by atoms with Crippen molar-refractivity contribution < 1.29 is 19.7 Å². The van der Waals surface area contributed by atoms with Gasteiger partial charge in [-0.2, -0.15) is 0 Å². The maximum Gasteiger partial charge on any atom is 0.422 e. The molecule has 176 valence electrons. The van der Waals surface area contributed by atoms with Crippen LogP contribution in [-0.2, 0) is 6.54 Å². The molecule has 1 aliphatic rings. The van der Waals surface area contributed by atoms with Gasteiger partial charge in [0.05, 0.1) is 11.2 Å². The van der Waals surface area contributed by atoms with Crippen LogP contribution in [0.15, 0.2) is 82.0 Å². The first-order chi connectivity index (χ1) is 16.5. The van der Waals surface area contributed by atoms with Crippen LogP contribution in [0.5, 0.6) is 0 Å². The number of hydrogen-bond acceptors (Lipinski definition) is 7. The fraction of sp³-hybridized carbons (Fsp3) is 0.269. The zero-order chi connectivity index (χ0) is 23.7. The van der Waals surface area contributed by atoms with E-state index in [0.717, 1.165) is 43.0 Å². The minimum absolute atomic E-state index is 0.322. The van der Waals surface area contributed by atoms with Crippen molar-refractivity contribution in [2.75, 3.05) is 31.1 Å². The highest BCUT2D eigenvalue weighted by atomic mass is 16.5. The molecule has 1 unspecified atom stereocenters. The monoisotopic (exact) mass is 461 g/mol. The van der Waals surface area contributed by atoms with Crippen LogP contribution < -0.4 is 10.7 Å². The second kappa shape index (κ2) is 9.44. The fourth-order valence-corrected chi connectivity index (χ4v) is 4.56. The summed E-state index contributed by atoms with van der Waals surface area (Å²) in [6.45, 7) is 4.03. The van der Waals surface area contributed by atoms with Gasteiger partial charge >= 0.3 is 5.76 Å². The third kappa shape index (κ3) is 4.36. The van der Waals surface area contributed by atoms with Crippen LogP contribution in [0.3, 0.4) is 0 Å².